The fourth-order valence-corrected chi connectivity index (χ4v) is 4.19. The Morgan fingerprint density at radius 2 is 1.92 bits per heavy atom. The fraction of sp³-hybridized carbons (Fsp3) is 0.556. The summed E-state index contributed by atoms with van der Waals surface area (Å²) in [5, 5.41) is 4.09. The van der Waals surface area contributed by atoms with Crippen molar-refractivity contribution in [1.82, 2.24) is 15.2 Å². The van der Waals surface area contributed by atoms with E-state index >= 15 is 0 Å². The summed E-state index contributed by atoms with van der Waals surface area (Å²) in [6, 6.07) is 4.34. The molecule has 0 aliphatic carbocycles. The molecule has 0 radical (unpaired) electrons. The molecule has 1 amide bonds. The van der Waals surface area contributed by atoms with Crippen LogP contribution in [0.2, 0.25) is 0 Å². The van der Waals surface area contributed by atoms with E-state index in [-0.39, 0.29) is 5.91 Å². The van der Waals surface area contributed by atoms with Crippen LogP contribution in [0.1, 0.15) is 24.5 Å². The minimum atomic E-state index is 0.133. The van der Waals surface area contributed by atoms with Crippen molar-refractivity contribution in [2.24, 2.45) is 0 Å². The lowest BCUT2D eigenvalue weighted by Gasteiger charge is -2.34. The summed E-state index contributed by atoms with van der Waals surface area (Å²) in [5.41, 5.74) is 3.72. The molecule has 24 heavy (non-hydrogen) atoms. The third kappa shape index (κ3) is 3.70. The van der Waals surface area contributed by atoms with Crippen molar-refractivity contribution in [3.8, 4) is 0 Å². The van der Waals surface area contributed by atoms with Gasteiger partial charge in [-0.3, -0.25) is 9.69 Å². The highest BCUT2D eigenvalue weighted by atomic mass is 32.1. The molecule has 130 valence electrons. The van der Waals surface area contributed by atoms with Crippen LogP contribution < -0.4 is 10.2 Å². The lowest BCUT2D eigenvalue weighted by Crippen LogP contribution is -2.48. The lowest BCUT2D eigenvalue weighted by molar-refractivity contribution is -0.120. The number of rotatable bonds is 5. The van der Waals surface area contributed by atoms with E-state index in [4.69, 9.17) is 4.98 Å². The van der Waals surface area contributed by atoms with Gasteiger partial charge in [0.2, 0.25) is 5.91 Å². The average molecular weight is 347 g/mol. The van der Waals surface area contributed by atoms with Crippen LogP contribution in [-0.4, -0.2) is 55.1 Å². The maximum absolute atomic E-state index is 11.3. The Balaban J connectivity index is 1.58. The number of nitrogens with one attached hydrogen (secondary N) is 1. The number of carbonyl (C=O) groups is 1. The van der Waals surface area contributed by atoms with E-state index in [1.165, 1.54) is 15.8 Å². The Labute approximate surface area is 147 Å². The number of piperazine rings is 1. The maximum Gasteiger partial charge on any atom is 0.219 e. The van der Waals surface area contributed by atoms with Crippen molar-refractivity contribution < 1.29 is 4.79 Å². The second-order valence-electron chi connectivity index (χ2n) is 6.41. The first-order valence-electron chi connectivity index (χ1n) is 8.69. The molecule has 6 heteroatoms. The maximum atomic E-state index is 11.3. The highest BCUT2D eigenvalue weighted by molar-refractivity contribution is 7.22. The van der Waals surface area contributed by atoms with E-state index in [1.807, 2.05) is 18.3 Å². The highest BCUT2D eigenvalue weighted by Gasteiger charge is 2.20. The lowest BCUT2D eigenvalue weighted by atomic mass is 10.1. The molecule has 0 bridgehead atoms. The predicted molar refractivity (Wildman–Crippen MR) is 101 cm³/mol. The molecule has 1 aliphatic rings. The summed E-state index contributed by atoms with van der Waals surface area (Å²) in [6.07, 6.45) is 0.560. The number of hydrogen-bond acceptors (Lipinski definition) is 5. The van der Waals surface area contributed by atoms with Gasteiger partial charge in [-0.15, -0.1) is 0 Å². The number of nitrogens with zero attached hydrogens (tertiary/aromatic N) is 3. The van der Waals surface area contributed by atoms with E-state index in [0.717, 1.165) is 49.9 Å². The number of amides is 1. The van der Waals surface area contributed by atoms with Crippen LogP contribution in [0, 0.1) is 13.8 Å². The van der Waals surface area contributed by atoms with Crippen LogP contribution in [0.4, 0.5) is 5.13 Å². The van der Waals surface area contributed by atoms with Crippen molar-refractivity contribution >= 4 is 32.6 Å². The highest BCUT2D eigenvalue weighted by Crippen LogP contribution is 2.33. The number of anilines is 1. The van der Waals surface area contributed by atoms with E-state index in [0.29, 0.717) is 6.42 Å². The molecule has 1 aromatic carbocycles. The van der Waals surface area contributed by atoms with Gasteiger partial charge in [-0.05, 0) is 25.0 Å². The van der Waals surface area contributed by atoms with E-state index in [9.17, 15) is 4.79 Å². The largest absolute Gasteiger partial charge is 0.355 e. The molecule has 1 fully saturated rings. The summed E-state index contributed by atoms with van der Waals surface area (Å²) < 4.78 is 1.31. The number of thiazole rings is 1. The Bertz CT molecular complexity index is 680. The van der Waals surface area contributed by atoms with Gasteiger partial charge >= 0.3 is 0 Å². The number of fused-ring (bicyclic) bond motifs is 1. The van der Waals surface area contributed by atoms with Gasteiger partial charge in [0.1, 0.15) is 0 Å². The second kappa shape index (κ2) is 7.49. The van der Waals surface area contributed by atoms with Gasteiger partial charge in [0.25, 0.3) is 0 Å². The first kappa shape index (κ1) is 17.2. The van der Waals surface area contributed by atoms with Crippen molar-refractivity contribution in [2.45, 2.75) is 27.2 Å². The Morgan fingerprint density at radius 3 is 2.58 bits per heavy atom. The van der Waals surface area contributed by atoms with Gasteiger partial charge < -0.3 is 10.2 Å². The van der Waals surface area contributed by atoms with Crippen molar-refractivity contribution in [3.05, 3.63) is 23.3 Å². The van der Waals surface area contributed by atoms with Crippen LogP contribution in [0.3, 0.4) is 0 Å². The number of aromatic nitrogens is 1. The van der Waals surface area contributed by atoms with Gasteiger partial charge in [-0.1, -0.05) is 30.4 Å². The molecule has 1 aliphatic heterocycles. The summed E-state index contributed by atoms with van der Waals surface area (Å²) >= 11 is 1.81. The molecular weight excluding hydrogens is 320 g/mol. The minimum absolute atomic E-state index is 0.133. The molecule has 2 aromatic rings. The third-order valence-corrected chi connectivity index (χ3v) is 5.90. The van der Waals surface area contributed by atoms with Gasteiger partial charge in [0.15, 0.2) is 5.13 Å². The molecule has 2 heterocycles. The smallest absolute Gasteiger partial charge is 0.219 e. The zero-order valence-electron chi connectivity index (χ0n) is 14.8. The topological polar surface area (TPSA) is 48.5 Å². The molecule has 0 unspecified atom stereocenters. The van der Waals surface area contributed by atoms with Crippen molar-refractivity contribution in [2.75, 3.05) is 44.2 Å². The summed E-state index contributed by atoms with van der Waals surface area (Å²) in [7, 11) is 0. The van der Waals surface area contributed by atoms with Gasteiger partial charge in [0.05, 0.1) is 10.2 Å². The number of benzene rings is 1. The zero-order chi connectivity index (χ0) is 17.1. The first-order chi connectivity index (χ1) is 11.6. The van der Waals surface area contributed by atoms with E-state index in [2.05, 4.69) is 41.1 Å². The SMILES string of the molecule is CCC(=O)NCCN1CCN(c2nc3c(C)ccc(C)c3s2)CC1. The standard InChI is InChI=1S/C18H26N4OS/c1-4-15(23)19-7-8-21-9-11-22(12-10-21)18-20-16-13(2)5-6-14(3)17(16)24-18/h5-6H,4,7-12H2,1-3H3,(H,19,23). The Kier molecular flexibility index (Phi) is 5.36. The number of hydrogen-bond donors (Lipinski definition) is 1. The molecule has 0 atom stereocenters. The first-order valence-corrected chi connectivity index (χ1v) is 9.51. The van der Waals surface area contributed by atoms with Crippen LogP contribution in [0.25, 0.3) is 10.2 Å². The van der Waals surface area contributed by atoms with Crippen molar-refractivity contribution in [1.29, 1.82) is 0 Å². The molecule has 3 rings (SSSR count). The van der Waals surface area contributed by atoms with E-state index in [1.54, 1.807) is 0 Å². The van der Waals surface area contributed by atoms with Gasteiger partial charge in [0, 0.05) is 45.7 Å². The third-order valence-electron chi connectivity index (χ3n) is 4.65. The summed E-state index contributed by atoms with van der Waals surface area (Å²) in [5.74, 6) is 0.133. The second-order valence-corrected chi connectivity index (χ2v) is 7.38. The molecule has 5 nitrogen and oxygen atoms in total. The molecular formula is C18H26N4OS. The number of aryl methyl sites for hydroxylation is 2. The quantitative estimate of drug-likeness (QED) is 0.904. The molecule has 0 saturated carbocycles. The van der Waals surface area contributed by atoms with Crippen LogP contribution >= 0.6 is 11.3 Å². The van der Waals surface area contributed by atoms with Gasteiger partial charge in [-0.25, -0.2) is 4.98 Å². The van der Waals surface area contributed by atoms with Crippen LogP contribution in [0.15, 0.2) is 12.1 Å². The van der Waals surface area contributed by atoms with E-state index < -0.39 is 0 Å². The fourth-order valence-electron chi connectivity index (χ4n) is 3.02. The summed E-state index contributed by atoms with van der Waals surface area (Å²) in [6.45, 7) is 11.9. The number of carbonyl (C=O) groups excluding carboxylic acids is 1. The van der Waals surface area contributed by atoms with Crippen molar-refractivity contribution in [3.63, 3.8) is 0 Å². The van der Waals surface area contributed by atoms with Crippen LogP contribution in [0.5, 0.6) is 0 Å². The Hall–Kier alpha value is -1.66. The average Bonchev–Trinajstić information content (AvgIpc) is 3.05. The molecule has 1 saturated heterocycles. The predicted octanol–water partition coefficient (Wildman–Crippen LogP) is 2.56. The monoisotopic (exact) mass is 346 g/mol. The molecule has 1 N–H and O–H groups in total. The van der Waals surface area contributed by atoms with Gasteiger partial charge in [-0.2, -0.15) is 0 Å². The minimum Gasteiger partial charge on any atom is -0.355 e. The molecule has 0 spiro atoms. The summed E-state index contributed by atoms with van der Waals surface area (Å²) in [4.78, 5) is 21.0. The Morgan fingerprint density at radius 1 is 1.21 bits per heavy atom. The normalized spacial score (nSPS) is 15.9. The van der Waals surface area contributed by atoms with Crippen LogP contribution in [-0.2, 0) is 4.79 Å². The molecule has 1 aromatic heterocycles. The zero-order valence-corrected chi connectivity index (χ0v) is 15.6.